The van der Waals surface area contributed by atoms with E-state index in [0.29, 0.717) is 18.4 Å². The van der Waals surface area contributed by atoms with E-state index in [-0.39, 0.29) is 5.91 Å². The Hall–Kier alpha value is -0.570. The summed E-state index contributed by atoms with van der Waals surface area (Å²) in [7, 11) is 0. The fourth-order valence-corrected chi connectivity index (χ4v) is 1.83. The van der Waals surface area contributed by atoms with Gasteiger partial charge >= 0.3 is 0 Å². The molecule has 0 spiro atoms. The summed E-state index contributed by atoms with van der Waals surface area (Å²) in [6, 6.07) is 0.363. The molecule has 0 fully saturated rings. The first-order valence-electron chi connectivity index (χ1n) is 6.63. The number of nitrogens with one attached hydrogen (secondary N) is 1. The van der Waals surface area contributed by atoms with Crippen molar-refractivity contribution in [1.29, 1.82) is 0 Å². The van der Waals surface area contributed by atoms with Gasteiger partial charge in [0.05, 0.1) is 0 Å². The van der Waals surface area contributed by atoms with E-state index in [1.165, 1.54) is 0 Å². The minimum absolute atomic E-state index is 0.198. The number of carbonyl (C=O) groups excluding carboxylic acids is 1. The summed E-state index contributed by atoms with van der Waals surface area (Å²) in [5, 5.41) is 3.09. The van der Waals surface area contributed by atoms with Gasteiger partial charge in [-0.15, -0.1) is 0 Å². The van der Waals surface area contributed by atoms with Gasteiger partial charge in [0.2, 0.25) is 5.91 Å². The second-order valence-corrected chi connectivity index (χ2v) is 4.68. The van der Waals surface area contributed by atoms with Crippen LogP contribution in [0.1, 0.15) is 59.3 Å². The number of hydrogen-bond donors (Lipinski definition) is 2. The van der Waals surface area contributed by atoms with Gasteiger partial charge < -0.3 is 11.1 Å². The Labute approximate surface area is 100 Å². The highest BCUT2D eigenvalue weighted by molar-refractivity contribution is 5.76. The largest absolute Gasteiger partial charge is 0.353 e. The van der Waals surface area contributed by atoms with Gasteiger partial charge in [-0.05, 0) is 38.1 Å². The van der Waals surface area contributed by atoms with Crippen molar-refractivity contribution in [1.82, 2.24) is 5.32 Å². The van der Waals surface area contributed by atoms with E-state index in [1.807, 2.05) is 0 Å². The molecule has 1 amide bonds. The normalized spacial score (nSPS) is 14.5. The van der Waals surface area contributed by atoms with Crippen LogP contribution in [0.3, 0.4) is 0 Å². The standard InChI is InChI=1S/C13H28N2O/c1-4-6-12(5-2)15-13(16)8-7-11(3)9-10-14/h11-12H,4-10,14H2,1-3H3,(H,15,16). The van der Waals surface area contributed by atoms with Crippen LogP contribution in [-0.2, 0) is 4.79 Å². The minimum Gasteiger partial charge on any atom is -0.353 e. The van der Waals surface area contributed by atoms with Gasteiger partial charge in [0, 0.05) is 12.5 Å². The maximum Gasteiger partial charge on any atom is 0.220 e. The van der Waals surface area contributed by atoms with E-state index in [4.69, 9.17) is 5.73 Å². The van der Waals surface area contributed by atoms with Crippen LogP contribution < -0.4 is 11.1 Å². The smallest absolute Gasteiger partial charge is 0.220 e. The third-order valence-electron chi connectivity index (χ3n) is 3.02. The van der Waals surface area contributed by atoms with E-state index < -0.39 is 0 Å². The zero-order valence-corrected chi connectivity index (χ0v) is 11.1. The number of nitrogens with two attached hydrogens (primary N) is 1. The highest BCUT2D eigenvalue weighted by Gasteiger charge is 2.10. The Kier molecular flexibility index (Phi) is 9.30. The molecule has 0 bridgehead atoms. The molecule has 3 N–H and O–H groups in total. The fourth-order valence-electron chi connectivity index (χ4n) is 1.83. The Morgan fingerprint density at radius 1 is 1.25 bits per heavy atom. The molecule has 2 atom stereocenters. The van der Waals surface area contributed by atoms with Crippen LogP contribution in [-0.4, -0.2) is 18.5 Å². The van der Waals surface area contributed by atoms with Crippen LogP contribution in [0, 0.1) is 5.92 Å². The first-order valence-corrected chi connectivity index (χ1v) is 6.63. The molecular formula is C13H28N2O. The summed E-state index contributed by atoms with van der Waals surface area (Å²) >= 11 is 0. The third-order valence-corrected chi connectivity index (χ3v) is 3.02. The average molecular weight is 228 g/mol. The molecule has 0 aromatic heterocycles. The highest BCUT2D eigenvalue weighted by Crippen LogP contribution is 2.09. The molecule has 0 aliphatic rings. The van der Waals surface area contributed by atoms with Crippen LogP contribution >= 0.6 is 0 Å². The van der Waals surface area contributed by atoms with Crippen LogP contribution in [0.4, 0.5) is 0 Å². The summed E-state index contributed by atoms with van der Waals surface area (Å²) in [6.45, 7) is 7.15. The van der Waals surface area contributed by atoms with Crippen LogP contribution in [0.5, 0.6) is 0 Å². The lowest BCUT2D eigenvalue weighted by Crippen LogP contribution is -2.34. The molecule has 0 aliphatic heterocycles. The molecular weight excluding hydrogens is 200 g/mol. The second-order valence-electron chi connectivity index (χ2n) is 4.68. The van der Waals surface area contributed by atoms with Crippen molar-refractivity contribution in [2.75, 3.05) is 6.54 Å². The minimum atomic E-state index is 0.198. The molecule has 2 unspecified atom stereocenters. The topological polar surface area (TPSA) is 55.1 Å². The number of carbonyl (C=O) groups is 1. The molecule has 0 heterocycles. The lowest BCUT2D eigenvalue weighted by atomic mass is 10.0. The SMILES string of the molecule is CCCC(CC)NC(=O)CCC(C)CCN. The van der Waals surface area contributed by atoms with Crippen molar-refractivity contribution in [2.24, 2.45) is 11.7 Å². The molecule has 0 saturated carbocycles. The van der Waals surface area contributed by atoms with Crippen LogP contribution in [0.25, 0.3) is 0 Å². The summed E-state index contributed by atoms with van der Waals surface area (Å²) in [5.74, 6) is 0.756. The molecule has 0 saturated heterocycles. The molecule has 3 heteroatoms. The molecule has 0 radical (unpaired) electrons. The summed E-state index contributed by atoms with van der Waals surface area (Å²) < 4.78 is 0. The van der Waals surface area contributed by atoms with Crippen molar-refractivity contribution in [3.05, 3.63) is 0 Å². The molecule has 0 aromatic carbocycles. The van der Waals surface area contributed by atoms with Crippen molar-refractivity contribution < 1.29 is 4.79 Å². The van der Waals surface area contributed by atoms with Gasteiger partial charge in [-0.3, -0.25) is 4.79 Å². The molecule has 0 aliphatic carbocycles. The number of amides is 1. The Bertz CT molecular complexity index is 183. The van der Waals surface area contributed by atoms with Crippen molar-refractivity contribution in [3.8, 4) is 0 Å². The molecule has 0 rings (SSSR count). The quantitative estimate of drug-likeness (QED) is 0.637. The predicted octanol–water partition coefficient (Wildman–Crippen LogP) is 2.45. The van der Waals surface area contributed by atoms with E-state index in [2.05, 4.69) is 26.1 Å². The molecule has 3 nitrogen and oxygen atoms in total. The van der Waals surface area contributed by atoms with E-state index in [0.717, 1.165) is 38.6 Å². The van der Waals surface area contributed by atoms with Gasteiger partial charge in [-0.2, -0.15) is 0 Å². The third kappa shape index (κ3) is 7.69. The molecule has 16 heavy (non-hydrogen) atoms. The van der Waals surface area contributed by atoms with Crippen molar-refractivity contribution in [3.63, 3.8) is 0 Å². The Morgan fingerprint density at radius 2 is 1.94 bits per heavy atom. The lowest BCUT2D eigenvalue weighted by Gasteiger charge is -2.17. The van der Waals surface area contributed by atoms with Gasteiger partial charge in [0.1, 0.15) is 0 Å². The van der Waals surface area contributed by atoms with Crippen molar-refractivity contribution in [2.45, 2.75) is 65.3 Å². The lowest BCUT2D eigenvalue weighted by molar-refractivity contribution is -0.122. The van der Waals surface area contributed by atoms with E-state index in [9.17, 15) is 4.79 Å². The van der Waals surface area contributed by atoms with Crippen LogP contribution in [0.2, 0.25) is 0 Å². The number of rotatable bonds is 9. The maximum absolute atomic E-state index is 11.7. The van der Waals surface area contributed by atoms with E-state index in [1.54, 1.807) is 0 Å². The van der Waals surface area contributed by atoms with Gasteiger partial charge in [-0.1, -0.05) is 27.2 Å². The summed E-state index contributed by atoms with van der Waals surface area (Å²) in [6.07, 6.45) is 5.84. The van der Waals surface area contributed by atoms with Gasteiger partial charge in [-0.25, -0.2) is 0 Å². The zero-order chi connectivity index (χ0) is 12.4. The summed E-state index contributed by atoms with van der Waals surface area (Å²) in [4.78, 5) is 11.7. The van der Waals surface area contributed by atoms with Crippen LogP contribution in [0.15, 0.2) is 0 Å². The molecule has 96 valence electrons. The average Bonchev–Trinajstić information content (AvgIpc) is 2.26. The number of hydrogen-bond acceptors (Lipinski definition) is 2. The Morgan fingerprint density at radius 3 is 2.44 bits per heavy atom. The monoisotopic (exact) mass is 228 g/mol. The Balaban J connectivity index is 3.71. The second kappa shape index (κ2) is 9.64. The van der Waals surface area contributed by atoms with Crippen molar-refractivity contribution >= 4 is 5.91 Å². The summed E-state index contributed by atoms with van der Waals surface area (Å²) in [5.41, 5.74) is 5.48. The maximum atomic E-state index is 11.7. The predicted molar refractivity (Wildman–Crippen MR) is 69.2 cm³/mol. The highest BCUT2D eigenvalue weighted by atomic mass is 16.1. The first kappa shape index (κ1) is 15.4. The van der Waals surface area contributed by atoms with Gasteiger partial charge in [0.25, 0.3) is 0 Å². The fraction of sp³-hybridized carbons (Fsp3) is 0.923. The molecule has 0 aromatic rings. The zero-order valence-electron chi connectivity index (χ0n) is 11.1. The van der Waals surface area contributed by atoms with Gasteiger partial charge in [0.15, 0.2) is 0 Å². The van der Waals surface area contributed by atoms with E-state index >= 15 is 0 Å². The first-order chi connectivity index (χ1) is 7.63.